The minimum Gasteiger partial charge on any atom is -0.459 e. The highest BCUT2D eigenvalue weighted by Crippen LogP contribution is 2.28. The lowest BCUT2D eigenvalue weighted by molar-refractivity contribution is -0.155. The van der Waals surface area contributed by atoms with Gasteiger partial charge in [0.15, 0.2) is 0 Å². The molecule has 18 heavy (non-hydrogen) atoms. The summed E-state index contributed by atoms with van der Waals surface area (Å²) in [5, 5.41) is 4.42. The summed E-state index contributed by atoms with van der Waals surface area (Å²) < 4.78 is 9.12. The van der Waals surface area contributed by atoms with Crippen LogP contribution in [0.4, 0.5) is 0 Å². The third-order valence-corrected chi connectivity index (χ3v) is 4.69. The largest absolute Gasteiger partial charge is 0.459 e. The van der Waals surface area contributed by atoms with Crippen LogP contribution in [0, 0.1) is 10.6 Å². The molecule has 0 aliphatic carbocycles. The molecule has 0 bridgehead atoms. The Kier molecular flexibility index (Phi) is 3.68. The summed E-state index contributed by atoms with van der Waals surface area (Å²) in [7, 11) is 0. The van der Waals surface area contributed by atoms with Crippen LogP contribution in [0.25, 0.3) is 10.2 Å². The Morgan fingerprint density at radius 2 is 2.22 bits per heavy atom. The highest BCUT2D eigenvalue weighted by molar-refractivity contribution is 14.1. The number of fused-ring (bicyclic) bond motifs is 1. The summed E-state index contributed by atoms with van der Waals surface area (Å²) in [6.45, 7) is 7.80. The van der Waals surface area contributed by atoms with Gasteiger partial charge >= 0.3 is 5.97 Å². The van der Waals surface area contributed by atoms with Crippen molar-refractivity contribution in [3.8, 4) is 0 Å². The van der Waals surface area contributed by atoms with Crippen molar-refractivity contribution in [3.63, 3.8) is 0 Å². The molecule has 0 fully saturated rings. The molecule has 0 spiro atoms. The number of ether oxygens (including phenoxy) is 1. The second kappa shape index (κ2) is 4.80. The first-order valence-corrected chi connectivity index (χ1v) is 7.50. The number of hydrogen-bond donors (Lipinski definition) is 0. The van der Waals surface area contributed by atoms with Gasteiger partial charge in [0.25, 0.3) is 0 Å². The van der Waals surface area contributed by atoms with E-state index < -0.39 is 5.60 Å². The van der Waals surface area contributed by atoms with Gasteiger partial charge in [-0.2, -0.15) is 5.10 Å². The third kappa shape index (κ3) is 3.03. The zero-order chi connectivity index (χ0) is 13.5. The van der Waals surface area contributed by atoms with Crippen LogP contribution in [0.3, 0.4) is 0 Å². The van der Waals surface area contributed by atoms with E-state index in [1.165, 1.54) is 4.88 Å². The first-order chi connectivity index (χ1) is 8.26. The van der Waals surface area contributed by atoms with Crippen LogP contribution in [-0.2, 0) is 16.1 Å². The number of carbonyl (C=O) groups excluding carboxylic acids is 1. The quantitative estimate of drug-likeness (QED) is 0.595. The Hall–Kier alpha value is -0.630. The number of carbonyl (C=O) groups is 1. The smallest absolute Gasteiger partial charge is 0.328 e. The van der Waals surface area contributed by atoms with Crippen LogP contribution in [0.15, 0.2) is 6.07 Å². The average molecular weight is 378 g/mol. The van der Waals surface area contributed by atoms with Gasteiger partial charge < -0.3 is 4.74 Å². The number of halogens is 1. The third-order valence-electron chi connectivity index (χ3n) is 2.18. The van der Waals surface area contributed by atoms with E-state index in [1.807, 2.05) is 26.8 Å². The van der Waals surface area contributed by atoms with Gasteiger partial charge in [-0.15, -0.1) is 11.3 Å². The molecule has 0 amide bonds. The molecule has 0 unspecified atom stereocenters. The van der Waals surface area contributed by atoms with Crippen molar-refractivity contribution in [1.82, 2.24) is 9.78 Å². The van der Waals surface area contributed by atoms with Gasteiger partial charge in [-0.3, -0.25) is 4.79 Å². The summed E-state index contributed by atoms with van der Waals surface area (Å²) in [6, 6.07) is 2.04. The fraction of sp³-hybridized carbons (Fsp3) is 0.500. The number of rotatable bonds is 2. The minimum absolute atomic E-state index is 0.163. The van der Waals surface area contributed by atoms with Gasteiger partial charge in [0, 0.05) is 4.88 Å². The molecule has 6 heteroatoms. The number of hydrogen-bond acceptors (Lipinski definition) is 4. The molecule has 0 saturated heterocycles. The van der Waals surface area contributed by atoms with Crippen molar-refractivity contribution in [1.29, 1.82) is 0 Å². The Bertz CT molecular complexity index is 595. The molecule has 2 rings (SSSR count). The summed E-state index contributed by atoms with van der Waals surface area (Å²) in [5.41, 5.74) is 0.495. The van der Waals surface area contributed by atoms with E-state index in [1.54, 1.807) is 16.0 Å². The highest BCUT2D eigenvalue weighted by Gasteiger charge is 2.19. The van der Waals surface area contributed by atoms with E-state index in [2.05, 4.69) is 34.6 Å². The highest BCUT2D eigenvalue weighted by atomic mass is 127. The fourth-order valence-corrected chi connectivity index (χ4v) is 3.39. The van der Waals surface area contributed by atoms with E-state index in [-0.39, 0.29) is 12.5 Å². The lowest BCUT2D eigenvalue weighted by atomic mass is 10.2. The summed E-state index contributed by atoms with van der Waals surface area (Å²) >= 11 is 3.92. The molecule has 2 aromatic heterocycles. The van der Waals surface area contributed by atoms with E-state index in [0.717, 1.165) is 13.9 Å². The van der Waals surface area contributed by atoms with Gasteiger partial charge in [-0.25, -0.2) is 4.68 Å². The van der Waals surface area contributed by atoms with Gasteiger partial charge in [0.1, 0.15) is 21.4 Å². The lowest BCUT2D eigenvalue weighted by Gasteiger charge is -2.19. The van der Waals surface area contributed by atoms with E-state index in [9.17, 15) is 4.79 Å². The van der Waals surface area contributed by atoms with Gasteiger partial charge in [-0.1, -0.05) is 0 Å². The van der Waals surface area contributed by atoms with Crippen LogP contribution < -0.4 is 0 Å². The Morgan fingerprint density at radius 3 is 2.78 bits per heavy atom. The molecule has 2 heterocycles. The molecule has 0 radical (unpaired) electrons. The maximum Gasteiger partial charge on any atom is 0.328 e. The summed E-state index contributed by atoms with van der Waals surface area (Å²) in [6.07, 6.45) is 0. The fourth-order valence-electron chi connectivity index (χ4n) is 1.61. The molecule has 0 atom stereocenters. The summed E-state index contributed by atoms with van der Waals surface area (Å²) in [4.78, 5) is 13.0. The van der Waals surface area contributed by atoms with Crippen molar-refractivity contribution in [2.75, 3.05) is 0 Å². The van der Waals surface area contributed by atoms with E-state index in [0.29, 0.717) is 0 Å². The van der Waals surface area contributed by atoms with Crippen molar-refractivity contribution in [2.45, 2.75) is 39.8 Å². The van der Waals surface area contributed by atoms with Crippen molar-refractivity contribution < 1.29 is 9.53 Å². The molecule has 0 saturated carbocycles. The van der Waals surface area contributed by atoms with E-state index in [4.69, 9.17) is 4.74 Å². The molecule has 98 valence electrons. The van der Waals surface area contributed by atoms with Gasteiger partial charge in [0.05, 0.1) is 4.70 Å². The van der Waals surface area contributed by atoms with Crippen molar-refractivity contribution in [3.05, 3.63) is 14.6 Å². The van der Waals surface area contributed by atoms with Crippen LogP contribution >= 0.6 is 33.9 Å². The maximum absolute atomic E-state index is 11.8. The first-order valence-electron chi connectivity index (χ1n) is 5.60. The minimum atomic E-state index is -0.455. The summed E-state index contributed by atoms with van der Waals surface area (Å²) in [5.74, 6) is -0.257. The van der Waals surface area contributed by atoms with E-state index >= 15 is 0 Å². The zero-order valence-corrected chi connectivity index (χ0v) is 13.8. The molecular weight excluding hydrogens is 363 g/mol. The monoisotopic (exact) mass is 378 g/mol. The molecular formula is C12H15IN2O2S. The second-order valence-corrected chi connectivity index (χ2v) is 7.38. The zero-order valence-electron chi connectivity index (χ0n) is 10.8. The Labute approximate surface area is 123 Å². The van der Waals surface area contributed by atoms with Crippen LogP contribution in [0.5, 0.6) is 0 Å². The molecule has 0 N–H and O–H groups in total. The second-order valence-electron chi connectivity index (χ2n) is 5.11. The SMILES string of the molecule is Cc1cc2nn(CC(=O)OC(C)(C)C)c(I)c2s1. The average Bonchev–Trinajstić information content (AvgIpc) is 2.64. The Balaban J connectivity index is 2.19. The van der Waals surface area contributed by atoms with Crippen LogP contribution in [-0.4, -0.2) is 21.4 Å². The maximum atomic E-state index is 11.8. The molecule has 4 nitrogen and oxygen atoms in total. The molecule has 0 aromatic carbocycles. The first kappa shape index (κ1) is 13.8. The number of nitrogens with zero attached hydrogens (tertiary/aromatic N) is 2. The molecule has 0 aliphatic rings. The number of esters is 1. The topological polar surface area (TPSA) is 44.1 Å². The number of thiophene rings is 1. The van der Waals surface area contributed by atoms with Crippen LogP contribution in [0.1, 0.15) is 25.6 Å². The predicted molar refractivity (Wildman–Crippen MR) is 80.9 cm³/mol. The number of aromatic nitrogens is 2. The lowest BCUT2D eigenvalue weighted by Crippen LogP contribution is -2.27. The van der Waals surface area contributed by atoms with Gasteiger partial charge in [-0.05, 0) is 56.4 Å². The molecule has 2 aromatic rings. The van der Waals surface area contributed by atoms with Gasteiger partial charge in [0.2, 0.25) is 0 Å². The standard InChI is InChI=1S/C12H15IN2O2S/c1-7-5-8-10(18-7)11(13)15(14-8)6-9(16)17-12(2,3)4/h5H,6H2,1-4H3. The normalized spacial score (nSPS) is 12.1. The number of aryl methyl sites for hydroxylation is 1. The van der Waals surface area contributed by atoms with Crippen LogP contribution in [0.2, 0.25) is 0 Å². The molecule has 0 aliphatic heterocycles. The Morgan fingerprint density at radius 1 is 1.56 bits per heavy atom. The predicted octanol–water partition coefficient (Wildman–Crippen LogP) is 3.35. The van der Waals surface area contributed by atoms with Crippen molar-refractivity contribution >= 4 is 50.1 Å². The van der Waals surface area contributed by atoms with Crippen molar-refractivity contribution in [2.24, 2.45) is 0 Å².